The van der Waals surface area contributed by atoms with E-state index in [-0.39, 0.29) is 0 Å². The van der Waals surface area contributed by atoms with Crippen LogP contribution < -0.4 is 5.32 Å². The summed E-state index contributed by atoms with van der Waals surface area (Å²) < 4.78 is 0. The lowest BCUT2D eigenvalue weighted by Gasteiger charge is -2.39. The molecule has 118 valence electrons. The summed E-state index contributed by atoms with van der Waals surface area (Å²) in [7, 11) is 4.50. The van der Waals surface area contributed by atoms with Gasteiger partial charge in [0.1, 0.15) is 0 Å². The number of nitrogens with zero attached hydrogens (tertiary/aromatic N) is 2. The third-order valence-electron chi connectivity index (χ3n) is 4.70. The number of nitrogens with one attached hydrogen (secondary N) is 1. The Balaban J connectivity index is 2.10. The first-order chi connectivity index (χ1) is 10.1. The van der Waals surface area contributed by atoms with Crippen molar-refractivity contribution in [3.63, 3.8) is 0 Å². The molecule has 2 rings (SSSR count). The van der Waals surface area contributed by atoms with E-state index < -0.39 is 0 Å². The summed E-state index contributed by atoms with van der Waals surface area (Å²) in [5.74, 6) is 0. The van der Waals surface area contributed by atoms with E-state index in [2.05, 4.69) is 67.3 Å². The Labute approximate surface area is 130 Å². The molecule has 1 aliphatic rings. The topological polar surface area (TPSA) is 18.5 Å². The fourth-order valence-corrected chi connectivity index (χ4v) is 3.24. The molecule has 0 aliphatic carbocycles. The van der Waals surface area contributed by atoms with Gasteiger partial charge in [0.05, 0.1) is 0 Å². The Morgan fingerprint density at radius 2 is 2.05 bits per heavy atom. The van der Waals surface area contributed by atoms with Crippen LogP contribution in [0.3, 0.4) is 0 Å². The van der Waals surface area contributed by atoms with Crippen LogP contribution in [0.15, 0.2) is 24.3 Å². The lowest BCUT2D eigenvalue weighted by molar-refractivity contribution is 0.101. The second kappa shape index (κ2) is 7.92. The van der Waals surface area contributed by atoms with Gasteiger partial charge in [-0.25, -0.2) is 0 Å². The first-order valence-corrected chi connectivity index (χ1v) is 8.35. The van der Waals surface area contributed by atoms with Crippen LogP contribution in [0.2, 0.25) is 0 Å². The van der Waals surface area contributed by atoms with Gasteiger partial charge in [-0.15, -0.1) is 0 Å². The normalized spacial score (nSPS) is 22.4. The van der Waals surface area contributed by atoms with Crippen LogP contribution in [0.4, 0.5) is 0 Å². The zero-order valence-corrected chi connectivity index (χ0v) is 14.1. The van der Waals surface area contributed by atoms with Gasteiger partial charge in [-0.3, -0.25) is 0 Å². The molecular weight excluding hydrogens is 258 g/mol. The number of rotatable bonds is 6. The summed E-state index contributed by atoms with van der Waals surface area (Å²) in [6, 6.07) is 10.2. The maximum Gasteiger partial charge on any atom is 0.0335 e. The van der Waals surface area contributed by atoms with Crippen molar-refractivity contribution in [2.45, 2.75) is 38.8 Å². The molecule has 0 aromatic heterocycles. The van der Waals surface area contributed by atoms with Crippen LogP contribution in [-0.4, -0.2) is 56.1 Å². The van der Waals surface area contributed by atoms with Crippen LogP contribution in [0.25, 0.3) is 0 Å². The molecule has 1 heterocycles. The quantitative estimate of drug-likeness (QED) is 0.868. The van der Waals surface area contributed by atoms with Crippen LogP contribution in [0.5, 0.6) is 0 Å². The molecule has 1 N–H and O–H groups in total. The van der Waals surface area contributed by atoms with Gasteiger partial charge < -0.3 is 15.1 Å². The number of piperazine rings is 1. The van der Waals surface area contributed by atoms with Gasteiger partial charge in [0.2, 0.25) is 0 Å². The molecule has 1 aromatic carbocycles. The molecule has 1 saturated heterocycles. The number of likely N-dealkylation sites (N-methyl/N-ethyl adjacent to an activating group) is 2. The zero-order valence-electron chi connectivity index (χ0n) is 14.1. The van der Waals surface area contributed by atoms with Crippen molar-refractivity contribution in [3.05, 3.63) is 35.4 Å². The summed E-state index contributed by atoms with van der Waals surface area (Å²) in [5.41, 5.74) is 2.88. The predicted octanol–water partition coefficient (Wildman–Crippen LogP) is 2.54. The molecule has 0 saturated carbocycles. The minimum absolute atomic E-state index is 0.459. The average Bonchev–Trinajstić information content (AvgIpc) is 2.50. The van der Waals surface area contributed by atoms with E-state index in [1.807, 2.05) is 0 Å². The molecular formula is C18H31N3. The third-order valence-corrected chi connectivity index (χ3v) is 4.70. The Hall–Kier alpha value is -0.900. The standard InChI is InChI=1S/C18H31N3/c1-5-15-8-7-9-16(12-15)18(19-6-2)13-17-14-20(3)10-11-21(17)4/h7-9,12,17-19H,5-6,10-11,13-14H2,1-4H3. The fraction of sp³-hybridized carbons (Fsp3) is 0.667. The van der Waals surface area contributed by atoms with Gasteiger partial charge in [0, 0.05) is 31.7 Å². The lowest BCUT2D eigenvalue weighted by atomic mass is 9.95. The SMILES string of the molecule is CCNC(CC1CN(C)CCN1C)c1cccc(CC)c1. The van der Waals surface area contributed by atoms with Crippen molar-refractivity contribution in [2.24, 2.45) is 0 Å². The van der Waals surface area contributed by atoms with E-state index in [0.717, 1.165) is 13.0 Å². The largest absolute Gasteiger partial charge is 0.310 e. The zero-order chi connectivity index (χ0) is 15.2. The Kier molecular flexibility index (Phi) is 6.22. The molecule has 0 spiro atoms. The molecule has 2 unspecified atom stereocenters. The van der Waals surface area contributed by atoms with Crippen molar-refractivity contribution >= 4 is 0 Å². The summed E-state index contributed by atoms with van der Waals surface area (Å²) in [6.07, 6.45) is 2.29. The molecule has 1 fully saturated rings. The van der Waals surface area contributed by atoms with Crippen LogP contribution in [0.1, 0.15) is 37.4 Å². The number of hydrogen-bond acceptors (Lipinski definition) is 3. The summed E-state index contributed by atoms with van der Waals surface area (Å²) in [4.78, 5) is 4.98. The molecule has 1 aromatic rings. The number of hydrogen-bond donors (Lipinski definition) is 1. The lowest BCUT2D eigenvalue weighted by Crippen LogP contribution is -2.51. The maximum absolute atomic E-state index is 3.69. The van der Waals surface area contributed by atoms with E-state index >= 15 is 0 Å². The van der Waals surface area contributed by atoms with Crippen LogP contribution >= 0.6 is 0 Å². The molecule has 3 heteroatoms. The first kappa shape index (κ1) is 16.5. The highest BCUT2D eigenvalue weighted by Crippen LogP contribution is 2.23. The highest BCUT2D eigenvalue weighted by molar-refractivity contribution is 5.26. The Morgan fingerprint density at radius 3 is 2.76 bits per heavy atom. The number of aryl methyl sites for hydroxylation is 1. The fourth-order valence-electron chi connectivity index (χ4n) is 3.24. The van der Waals surface area contributed by atoms with Crippen LogP contribution in [-0.2, 0) is 6.42 Å². The maximum atomic E-state index is 3.69. The molecule has 21 heavy (non-hydrogen) atoms. The van der Waals surface area contributed by atoms with Crippen molar-refractivity contribution < 1.29 is 0 Å². The van der Waals surface area contributed by atoms with Gasteiger partial charge in [0.15, 0.2) is 0 Å². The first-order valence-electron chi connectivity index (χ1n) is 8.35. The monoisotopic (exact) mass is 289 g/mol. The van der Waals surface area contributed by atoms with E-state index in [1.54, 1.807) is 0 Å². The van der Waals surface area contributed by atoms with E-state index in [0.29, 0.717) is 12.1 Å². The molecule has 0 radical (unpaired) electrons. The van der Waals surface area contributed by atoms with E-state index in [1.165, 1.54) is 37.2 Å². The van der Waals surface area contributed by atoms with Crippen molar-refractivity contribution in [1.82, 2.24) is 15.1 Å². The van der Waals surface area contributed by atoms with Gasteiger partial charge in [-0.2, -0.15) is 0 Å². The highest BCUT2D eigenvalue weighted by atomic mass is 15.3. The molecule has 0 bridgehead atoms. The smallest absolute Gasteiger partial charge is 0.0335 e. The van der Waals surface area contributed by atoms with Crippen molar-refractivity contribution in [3.8, 4) is 0 Å². The highest BCUT2D eigenvalue weighted by Gasteiger charge is 2.25. The summed E-state index contributed by atoms with van der Waals surface area (Å²) >= 11 is 0. The molecule has 3 nitrogen and oxygen atoms in total. The second-order valence-corrected chi connectivity index (χ2v) is 6.34. The van der Waals surface area contributed by atoms with Gasteiger partial charge in [0.25, 0.3) is 0 Å². The van der Waals surface area contributed by atoms with Crippen molar-refractivity contribution in [2.75, 3.05) is 40.3 Å². The molecule has 2 atom stereocenters. The second-order valence-electron chi connectivity index (χ2n) is 6.34. The minimum Gasteiger partial charge on any atom is -0.310 e. The predicted molar refractivity (Wildman–Crippen MR) is 90.8 cm³/mol. The summed E-state index contributed by atoms with van der Waals surface area (Å²) in [5, 5.41) is 3.69. The van der Waals surface area contributed by atoms with Gasteiger partial charge in [-0.05, 0) is 44.6 Å². The van der Waals surface area contributed by atoms with E-state index in [4.69, 9.17) is 0 Å². The molecule has 1 aliphatic heterocycles. The van der Waals surface area contributed by atoms with Gasteiger partial charge in [-0.1, -0.05) is 38.1 Å². The minimum atomic E-state index is 0.459. The van der Waals surface area contributed by atoms with Crippen molar-refractivity contribution in [1.29, 1.82) is 0 Å². The molecule has 0 amide bonds. The number of benzene rings is 1. The van der Waals surface area contributed by atoms with E-state index in [9.17, 15) is 0 Å². The van der Waals surface area contributed by atoms with Crippen LogP contribution in [0, 0.1) is 0 Å². The van der Waals surface area contributed by atoms with Gasteiger partial charge >= 0.3 is 0 Å². The Morgan fingerprint density at radius 1 is 1.24 bits per heavy atom. The summed E-state index contributed by atoms with van der Waals surface area (Å²) in [6.45, 7) is 8.98. The Bertz CT molecular complexity index is 432. The average molecular weight is 289 g/mol. The third kappa shape index (κ3) is 4.53.